The smallest absolute Gasteiger partial charge is 0.120 e. The van der Waals surface area contributed by atoms with E-state index in [-0.39, 0.29) is 6.04 Å². The van der Waals surface area contributed by atoms with Crippen molar-refractivity contribution in [3.63, 3.8) is 0 Å². The summed E-state index contributed by atoms with van der Waals surface area (Å²) in [6.45, 7) is 5.03. The van der Waals surface area contributed by atoms with E-state index in [4.69, 9.17) is 8.83 Å². The van der Waals surface area contributed by atoms with E-state index in [1.165, 1.54) is 4.90 Å². The molecule has 0 spiro atoms. The summed E-state index contributed by atoms with van der Waals surface area (Å²) in [4.78, 5) is 1.22. The quantitative estimate of drug-likeness (QED) is 0.628. The molecule has 0 aliphatic heterocycles. The van der Waals surface area contributed by atoms with Gasteiger partial charge in [0.25, 0.3) is 0 Å². The van der Waals surface area contributed by atoms with Crippen molar-refractivity contribution >= 4 is 11.8 Å². The molecule has 17 heavy (non-hydrogen) atoms. The number of aryl methyl sites for hydroxylation is 1. The second-order valence-corrected chi connectivity index (χ2v) is 5.02. The van der Waals surface area contributed by atoms with E-state index in [2.05, 4.69) is 12.2 Å². The van der Waals surface area contributed by atoms with Crippen molar-refractivity contribution in [2.45, 2.75) is 24.8 Å². The Kier molecular flexibility index (Phi) is 4.34. The first-order chi connectivity index (χ1) is 8.27. The van der Waals surface area contributed by atoms with E-state index in [9.17, 15) is 0 Å². The lowest BCUT2D eigenvalue weighted by atomic mass is 10.2. The summed E-state index contributed by atoms with van der Waals surface area (Å²) in [5.74, 6) is 2.99. The summed E-state index contributed by atoms with van der Waals surface area (Å²) in [5.41, 5.74) is 0. The number of hydrogen-bond donors (Lipinski definition) is 1. The van der Waals surface area contributed by atoms with E-state index in [0.29, 0.717) is 0 Å². The molecule has 0 fully saturated rings. The molecule has 0 saturated heterocycles. The first kappa shape index (κ1) is 12.3. The predicted molar refractivity (Wildman–Crippen MR) is 69.3 cm³/mol. The highest BCUT2D eigenvalue weighted by Crippen LogP contribution is 2.22. The fourth-order valence-corrected chi connectivity index (χ4v) is 2.44. The Morgan fingerprint density at radius 3 is 2.82 bits per heavy atom. The van der Waals surface area contributed by atoms with Crippen LogP contribution in [0.3, 0.4) is 0 Å². The molecule has 1 atom stereocenters. The Labute approximate surface area is 106 Å². The lowest BCUT2D eigenvalue weighted by Crippen LogP contribution is -2.20. The topological polar surface area (TPSA) is 38.3 Å². The summed E-state index contributed by atoms with van der Waals surface area (Å²) in [5, 5.41) is 3.42. The fraction of sp³-hybridized carbons (Fsp3) is 0.385. The largest absolute Gasteiger partial charge is 0.468 e. The van der Waals surface area contributed by atoms with Gasteiger partial charge in [0.15, 0.2) is 0 Å². The van der Waals surface area contributed by atoms with Crippen LogP contribution in [0.1, 0.15) is 24.5 Å². The third kappa shape index (κ3) is 3.41. The van der Waals surface area contributed by atoms with Crippen LogP contribution in [0, 0.1) is 6.92 Å². The maximum absolute atomic E-state index is 5.33. The van der Waals surface area contributed by atoms with Crippen LogP contribution in [0.4, 0.5) is 0 Å². The van der Waals surface area contributed by atoms with E-state index >= 15 is 0 Å². The third-order valence-corrected chi connectivity index (χ3v) is 3.73. The Morgan fingerprint density at radius 1 is 1.29 bits per heavy atom. The molecular weight excluding hydrogens is 234 g/mol. The Morgan fingerprint density at radius 2 is 2.18 bits per heavy atom. The lowest BCUT2D eigenvalue weighted by Gasteiger charge is -2.10. The minimum Gasteiger partial charge on any atom is -0.468 e. The zero-order chi connectivity index (χ0) is 12.1. The van der Waals surface area contributed by atoms with E-state index in [1.807, 2.05) is 25.1 Å². The molecule has 2 heterocycles. The monoisotopic (exact) mass is 251 g/mol. The van der Waals surface area contributed by atoms with Crippen molar-refractivity contribution in [1.29, 1.82) is 0 Å². The molecule has 2 aromatic rings. The fourth-order valence-electron chi connectivity index (χ4n) is 1.60. The van der Waals surface area contributed by atoms with Crippen molar-refractivity contribution in [3.05, 3.63) is 42.2 Å². The van der Waals surface area contributed by atoms with Gasteiger partial charge in [0.1, 0.15) is 11.5 Å². The van der Waals surface area contributed by atoms with Gasteiger partial charge in [-0.15, -0.1) is 11.8 Å². The number of rotatable bonds is 6. The van der Waals surface area contributed by atoms with Crippen LogP contribution in [0.2, 0.25) is 0 Å². The van der Waals surface area contributed by atoms with Crippen LogP contribution in [0.15, 0.2) is 44.5 Å². The summed E-state index contributed by atoms with van der Waals surface area (Å²) in [6, 6.07) is 6.17. The van der Waals surface area contributed by atoms with E-state index in [1.54, 1.807) is 24.3 Å². The molecule has 1 unspecified atom stereocenters. The molecule has 3 nitrogen and oxygen atoms in total. The molecule has 0 amide bonds. The zero-order valence-corrected chi connectivity index (χ0v) is 10.9. The minimum absolute atomic E-state index is 0.260. The van der Waals surface area contributed by atoms with Crippen LogP contribution in [0.25, 0.3) is 0 Å². The SMILES string of the molecule is Cc1occc1SCCNC(C)c1ccco1. The predicted octanol–water partition coefficient (Wildman–Crippen LogP) is 3.62. The highest BCUT2D eigenvalue weighted by atomic mass is 32.2. The van der Waals surface area contributed by atoms with Gasteiger partial charge in [-0.3, -0.25) is 0 Å². The van der Waals surface area contributed by atoms with Gasteiger partial charge in [-0.25, -0.2) is 0 Å². The molecule has 0 saturated carbocycles. The summed E-state index contributed by atoms with van der Waals surface area (Å²) in [6.07, 6.45) is 3.44. The zero-order valence-electron chi connectivity index (χ0n) is 10.1. The van der Waals surface area contributed by atoms with Crippen LogP contribution in [0.5, 0.6) is 0 Å². The Bertz CT molecular complexity index is 436. The first-order valence-electron chi connectivity index (χ1n) is 5.71. The highest BCUT2D eigenvalue weighted by Gasteiger charge is 2.07. The van der Waals surface area contributed by atoms with Crippen LogP contribution < -0.4 is 5.32 Å². The second-order valence-electron chi connectivity index (χ2n) is 3.88. The third-order valence-electron chi connectivity index (χ3n) is 2.59. The van der Waals surface area contributed by atoms with Gasteiger partial charge < -0.3 is 14.2 Å². The van der Waals surface area contributed by atoms with E-state index < -0.39 is 0 Å². The average Bonchev–Trinajstić information content (AvgIpc) is 2.96. The maximum Gasteiger partial charge on any atom is 0.120 e. The molecule has 2 aromatic heterocycles. The van der Waals surface area contributed by atoms with Crippen molar-refractivity contribution in [1.82, 2.24) is 5.32 Å². The first-order valence-corrected chi connectivity index (χ1v) is 6.69. The van der Waals surface area contributed by atoms with Crippen molar-refractivity contribution in [2.75, 3.05) is 12.3 Å². The van der Waals surface area contributed by atoms with Gasteiger partial charge in [0.05, 0.1) is 18.6 Å². The average molecular weight is 251 g/mol. The molecule has 4 heteroatoms. The minimum atomic E-state index is 0.260. The number of furan rings is 2. The van der Waals surface area contributed by atoms with Crippen molar-refractivity contribution in [2.24, 2.45) is 0 Å². The maximum atomic E-state index is 5.33. The van der Waals surface area contributed by atoms with Crippen molar-refractivity contribution < 1.29 is 8.83 Å². The molecule has 0 aromatic carbocycles. The van der Waals surface area contributed by atoms with Crippen LogP contribution in [-0.4, -0.2) is 12.3 Å². The van der Waals surface area contributed by atoms with Gasteiger partial charge in [-0.05, 0) is 32.0 Å². The summed E-state index contributed by atoms with van der Waals surface area (Å²) >= 11 is 1.81. The standard InChI is InChI=1S/C13H17NO2S/c1-10(12-4-3-7-16-12)14-6-9-17-13-5-8-15-11(13)2/h3-5,7-8,10,14H,6,9H2,1-2H3. The molecule has 0 aliphatic rings. The number of hydrogen-bond acceptors (Lipinski definition) is 4. The molecule has 0 aliphatic carbocycles. The second kappa shape index (κ2) is 5.98. The van der Waals surface area contributed by atoms with E-state index in [0.717, 1.165) is 23.8 Å². The normalized spacial score (nSPS) is 12.8. The van der Waals surface area contributed by atoms with Gasteiger partial charge in [-0.1, -0.05) is 0 Å². The molecule has 0 bridgehead atoms. The van der Waals surface area contributed by atoms with Gasteiger partial charge in [-0.2, -0.15) is 0 Å². The Hall–Kier alpha value is -1.13. The highest BCUT2D eigenvalue weighted by molar-refractivity contribution is 7.99. The summed E-state index contributed by atoms with van der Waals surface area (Å²) in [7, 11) is 0. The molecular formula is C13H17NO2S. The van der Waals surface area contributed by atoms with Gasteiger partial charge >= 0.3 is 0 Å². The van der Waals surface area contributed by atoms with Crippen molar-refractivity contribution in [3.8, 4) is 0 Å². The Balaban J connectivity index is 1.68. The van der Waals surface area contributed by atoms with Crippen LogP contribution in [-0.2, 0) is 0 Å². The summed E-state index contributed by atoms with van der Waals surface area (Å²) < 4.78 is 10.6. The molecule has 0 radical (unpaired) electrons. The number of nitrogens with one attached hydrogen (secondary N) is 1. The van der Waals surface area contributed by atoms with Crippen LogP contribution >= 0.6 is 11.8 Å². The number of thioether (sulfide) groups is 1. The molecule has 2 rings (SSSR count). The molecule has 1 N–H and O–H groups in total. The lowest BCUT2D eigenvalue weighted by molar-refractivity contribution is 0.438. The molecule has 92 valence electrons. The van der Waals surface area contributed by atoms with Gasteiger partial charge in [0, 0.05) is 17.2 Å². The van der Waals surface area contributed by atoms with Gasteiger partial charge in [0.2, 0.25) is 0 Å².